The van der Waals surface area contributed by atoms with Crippen molar-refractivity contribution >= 4 is 12.0 Å². The smallest absolute Gasteiger partial charge is 0.318 e. The highest BCUT2D eigenvalue weighted by molar-refractivity contribution is 5.77. The van der Waals surface area contributed by atoms with Gasteiger partial charge in [0.25, 0.3) is 0 Å². The number of carboxylic acid groups (broad SMARTS) is 1. The van der Waals surface area contributed by atoms with Crippen molar-refractivity contribution in [3.05, 3.63) is 18.5 Å². The number of amides is 2. The number of nitrogens with zero attached hydrogens (tertiary/aromatic N) is 3. The zero-order valence-electron chi connectivity index (χ0n) is 15.4. The van der Waals surface area contributed by atoms with Crippen LogP contribution < -0.4 is 5.32 Å². The Morgan fingerprint density at radius 2 is 2.00 bits per heavy atom. The van der Waals surface area contributed by atoms with Gasteiger partial charge in [-0.2, -0.15) is 5.10 Å². The molecule has 1 aromatic heterocycles. The van der Waals surface area contributed by atoms with Crippen LogP contribution in [0.25, 0.3) is 0 Å². The summed E-state index contributed by atoms with van der Waals surface area (Å²) in [5, 5.41) is 16.7. The maximum atomic E-state index is 13.0. The van der Waals surface area contributed by atoms with E-state index in [1.165, 1.54) is 0 Å². The molecule has 144 valence electrons. The minimum atomic E-state index is -0.832. The molecule has 2 heterocycles. The lowest BCUT2D eigenvalue weighted by molar-refractivity contribution is -0.139. The van der Waals surface area contributed by atoms with Crippen LogP contribution in [0.3, 0.4) is 0 Å². The Morgan fingerprint density at radius 1 is 1.19 bits per heavy atom. The maximum Gasteiger partial charge on any atom is 0.318 e. The van der Waals surface area contributed by atoms with Crippen LogP contribution in [-0.4, -0.2) is 49.9 Å². The number of carboxylic acids is 1. The molecule has 0 spiro atoms. The molecule has 2 amide bonds. The predicted molar refractivity (Wildman–Crippen MR) is 97.8 cm³/mol. The first-order valence-electron chi connectivity index (χ1n) is 9.86. The van der Waals surface area contributed by atoms with Crippen molar-refractivity contribution in [2.75, 3.05) is 6.54 Å². The molecule has 2 N–H and O–H groups in total. The average molecular weight is 362 g/mol. The third-order valence-electron chi connectivity index (χ3n) is 5.81. The van der Waals surface area contributed by atoms with Gasteiger partial charge in [0.1, 0.15) is 0 Å². The lowest BCUT2D eigenvalue weighted by Crippen LogP contribution is -2.58. The van der Waals surface area contributed by atoms with Gasteiger partial charge in [-0.1, -0.05) is 19.3 Å². The minimum absolute atomic E-state index is 0.0184. The van der Waals surface area contributed by atoms with Crippen LogP contribution in [0.15, 0.2) is 18.5 Å². The summed E-state index contributed by atoms with van der Waals surface area (Å²) < 4.78 is 1.90. The summed E-state index contributed by atoms with van der Waals surface area (Å²) in [4.78, 5) is 26.3. The van der Waals surface area contributed by atoms with Gasteiger partial charge >= 0.3 is 12.0 Å². The molecule has 1 aromatic rings. The second-order valence-electron chi connectivity index (χ2n) is 7.74. The molecule has 3 rings (SSSR count). The van der Waals surface area contributed by atoms with Crippen LogP contribution in [0.5, 0.6) is 0 Å². The Balaban J connectivity index is 1.63. The standard InChI is InChI=1S/C19H30N4O3/c24-17(25)15-19(9-3-1-4-10-19)21-18(26)23-13-5-2-7-16(23)8-14-22-12-6-11-20-22/h6,11-12,16H,1-5,7-10,13-15H2,(H,21,26)(H,24,25). The van der Waals surface area contributed by atoms with Gasteiger partial charge < -0.3 is 15.3 Å². The third-order valence-corrected chi connectivity index (χ3v) is 5.81. The molecule has 1 saturated heterocycles. The fourth-order valence-corrected chi connectivity index (χ4v) is 4.44. The van der Waals surface area contributed by atoms with Crippen molar-refractivity contribution in [1.29, 1.82) is 0 Å². The Kier molecular flexibility index (Phi) is 6.16. The van der Waals surface area contributed by atoms with Crippen LogP contribution in [-0.2, 0) is 11.3 Å². The van der Waals surface area contributed by atoms with Gasteiger partial charge in [-0.25, -0.2) is 4.79 Å². The van der Waals surface area contributed by atoms with Gasteiger partial charge in [0, 0.05) is 31.5 Å². The van der Waals surface area contributed by atoms with Crippen molar-refractivity contribution in [3.8, 4) is 0 Å². The molecule has 2 fully saturated rings. The van der Waals surface area contributed by atoms with Crippen molar-refractivity contribution in [2.45, 2.75) is 82.3 Å². The lowest BCUT2D eigenvalue weighted by Gasteiger charge is -2.42. The molecule has 1 saturated carbocycles. The topological polar surface area (TPSA) is 87.5 Å². The number of piperidine rings is 1. The van der Waals surface area contributed by atoms with Crippen molar-refractivity contribution < 1.29 is 14.7 Å². The van der Waals surface area contributed by atoms with E-state index >= 15 is 0 Å². The molecule has 2 aliphatic rings. The first kappa shape index (κ1) is 18.7. The molecule has 1 aliphatic heterocycles. The zero-order valence-corrected chi connectivity index (χ0v) is 15.4. The van der Waals surface area contributed by atoms with Crippen LogP contribution in [0.2, 0.25) is 0 Å². The number of hydrogen-bond donors (Lipinski definition) is 2. The highest BCUT2D eigenvalue weighted by Gasteiger charge is 2.38. The molecule has 1 aliphatic carbocycles. The summed E-state index contributed by atoms with van der Waals surface area (Å²) in [5.74, 6) is -0.832. The van der Waals surface area contributed by atoms with Crippen LogP contribution in [0, 0.1) is 0 Å². The number of aryl methyl sites for hydroxylation is 1. The third kappa shape index (κ3) is 4.77. The van der Waals surface area contributed by atoms with Crippen LogP contribution >= 0.6 is 0 Å². The zero-order chi connectivity index (χ0) is 18.4. The maximum absolute atomic E-state index is 13.0. The van der Waals surface area contributed by atoms with E-state index in [1.807, 2.05) is 21.8 Å². The molecule has 1 unspecified atom stereocenters. The van der Waals surface area contributed by atoms with E-state index in [0.29, 0.717) is 0 Å². The Bertz CT molecular complexity index is 596. The highest BCUT2D eigenvalue weighted by Crippen LogP contribution is 2.32. The van der Waals surface area contributed by atoms with E-state index in [0.717, 1.165) is 70.9 Å². The number of likely N-dealkylation sites (tertiary alicyclic amines) is 1. The normalized spacial score (nSPS) is 22.8. The first-order valence-corrected chi connectivity index (χ1v) is 9.86. The minimum Gasteiger partial charge on any atom is -0.481 e. The number of urea groups is 1. The van der Waals surface area contributed by atoms with Crippen molar-refractivity contribution in [1.82, 2.24) is 20.0 Å². The molecule has 0 bridgehead atoms. The molecule has 7 nitrogen and oxygen atoms in total. The number of carbonyl (C=O) groups excluding carboxylic acids is 1. The second kappa shape index (κ2) is 8.56. The van der Waals surface area contributed by atoms with Gasteiger partial charge in [-0.15, -0.1) is 0 Å². The number of aromatic nitrogens is 2. The monoisotopic (exact) mass is 362 g/mol. The summed E-state index contributed by atoms with van der Waals surface area (Å²) >= 11 is 0. The summed E-state index contributed by atoms with van der Waals surface area (Å²) in [5.41, 5.74) is -0.578. The number of hydrogen-bond acceptors (Lipinski definition) is 3. The van der Waals surface area contributed by atoms with E-state index in [2.05, 4.69) is 10.4 Å². The Hall–Kier alpha value is -2.05. The summed E-state index contributed by atoms with van der Waals surface area (Å²) in [6.07, 6.45) is 12.4. The SMILES string of the molecule is O=C(O)CC1(NC(=O)N2CCCCC2CCn2cccn2)CCCCC1. The molecule has 1 atom stereocenters. The quantitative estimate of drug-likeness (QED) is 0.814. The summed E-state index contributed by atoms with van der Waals surface area (Å²) in [6, 6.07) is 2.01. The van der Waals surface area contributed by atoms with Crippen molar-refractivity contribution in [3.63, 3.8) is 0 Å². The van der Waals surface area contributed by atoms with Crippen molar-refractivity contribution in [2.24, 2.45) is 0 Å². The fraction of sp³-hybridized carbons (Fsp3) is 0.737. The summed E-state index contributed by atoms with van der Waals surface area (Å²) in [6.45, 7) is 1.54. The van der Waals surface area contributed by atoms with E-state index in [1.54, 1.807) is 6.20 Å². The number of nitrogens with one attached hydrogen (secondary N) is 1. The molecule has 0 aromatic carbocycles. The first-order chi connectivity index (χ1) is 12.6. The number of carbonyl (C=O) groups is 2. The van der Waals surface area contributed by atoms with Crippen LogP contribution in [0.4, 0.5) is 4.79 Å². The average Bonchev–Trinajstić information content (AvgIpc) is 3.13. The van der Waals surface area contributed by atoms with Gasteiger partial charge in [-0.05, 0) is 44.6 Å². The summed E-state index contributed by atoms with van der Waals surface area (Å²) in [7, 11) is 0. The van der Waals surface area contributed by atoms with E-state index in [4.69, 9.17) is 0 Å². The second-order valence-corrected chi connectivity index (χ2v) is 7.74. The molecule has 26 heavy (non-hydrogen) atoms. The molecule has 7 heteroatoms. The predicted octanol–water partition coefficient (Wildman–Crippen LogP) is 3.01. The highest BCUT2D eigenvalue weighted by atomic mass is 16.4. The van der Waals surface area contributed by atoms with Gasteiger partial charge in [0.2, 0.25) is 0 Å². The largest absolute Gasteiger partial charge is 0.481 e. The van der Waals surface area contributed by atoms with E-state index < -0.39 is 11.5 Å². The Morgan fingerprint density at radius 3 is 2.69 bits per heavy atom. The Labute approximate surface area is 154 Å². The fourth-order valence-electron chi connectivity index (χ4n) is 4.44. The van der Waals surface area contributed by atoms with Crippen LogP contribution in [0.1, 0.15) is 64.2 Å². The molecule has 0 radical (unpaired) electrons. The van der Waals surface area contributed by atoms with E-state index in [9.17, 15) is 14.7 Å². The lowest BCUT2D eigenvalue weighted by atomic mass is 9.79. The number of aliphatic carboxylic acids is 1. The molecular weight excluding hydrogens is 332 g/mol. The molecular formula is C19H30N4O3. The van der Waals surface area contributed by atoms with Gasteiger partial charge in [0.15, 0.2) is 0 Å². The van der Waals surface area contributed by atoms with Gasteiger partial charge in [0.05, 0.1) is 12.0 Å². The van der Waals surface area contributed by atoms with E-state index in [-0.39, 0.29) is 18.5 Å². The number of rotatable bonds is 6. The van der Waals surface area contributed by atoms with Gasteiger partial charge in [-0.3, -0.25) is 9.48 Å².